The van der Waals surface area contributed by atoms with E-state index >= 15 is 0 Å². The van der Waals surface area contributed by atoms with Crippen LogP contribution in [0.15, 0.2) is 6.33 Å². The Bertz CT molecular complexity index is 345. The Balaban J connectivity index is 2.79. The predicted molar refractivity (Wildman–Crippen MR) is 75.5 cm³/mol. The molecule has 0 aliphatic carbocycles. The second kappa shape index (κ2) is 6.88. The van der Waals surface area contributed by atoms with E-state index in [1.54, 1.807) is 6.33 Å². The molecule has 0 fully saturated rings. The van der Waals surface area contributed by atoms with E-state index in [4.69, 9.17) is 0 Å². The quantitative estimate of drug-likeness (QED) is 0.773. The van der Waals surface area contributed by atoms with Crippen molar-refractivity contribution in [2.45, 2.75) is 54.0 Å². The maximum atomic E-state index is 4.43. The van der Waals surface area contributed by atoms with Crippen LogP contribution in [0.25, 0.3) is 0 Å². The summed E-state index contributed by atoms with van der Waals surface area (Å²) in [6, 6.07) is 0. The van der Waals surface area contributed by atoms with Gasteiger partial charge in [0.2, 0.25) is 0 Å². The Labute approximate surface area is 111 Å². The predicted octanol–water partition coefficient (Wildman–Crippen LogP) is 2.50. The van der Waals surface area contributed by atoms with Gasteiger partial charge in [-0.2, -0.15) is 5.10 Å². The van der Waals surface area contributed by atoms with Gasteiger partial charge in [0.15, 0.2) is 0 Å². The van der Waals surface area contributed by atoms with E-state index in [-0.39, 0.29) is 5.41 Å². The molecule has 0 aromatic carbocycles. The van der Waals surface area contributed by atoms with Crippen LogP contribution in [0, 0.1) is 11.3 Å². The number of hydrogen-bond donors (Lipinski definition) is 1. The maximum Gasteiger partial charge on any atom is 0.138 e. The second-order valence-corrected chi connectivity index (χ2v) is 5.67. The first-order valence-corrected chi connectivity index (χ1v) is 7.11. The molecule has 0 radical (unpaired) electrons. The second-order valence-electron chi connectivity index (χ2n) is 5.67. The molecule has 1 heterocycles. The molecule has 0 aliphatic rings. The van der Waals surface area contributed by atoms with Crippen LogP contribution < -0.4 is 5.32 Å². The van der Waals surface area contributed by atoms with E-state index in [0.29, 0.717) is 5.92 Å². The van der Waals surface area contributed by atoms with E-state index in [2.05, 4.69) is 50.0 Å². The zero-order valence-corrected chi connectivity index (χ0v) is 12.5. The average molecular weight is 252 g/mol. The standard InChI is InChI=1S/C14H28N4/c1-6-8-18-13(16-11-17-18)9-14(5,12(3)4)10-15-7-2/h11-12,15H,6-10H2,1-5H3. The Morgan fingerprint density at radius 1 is 1.39 bits per heavy atom. The molecule has 1 unspecified atom stereocenters. The normalized spacial score (nSPS) is 15.0. The minimum Gasteiger partial charge on any atom is -0.316 e. The van der Waals surface area contributed by atoms with Gasteiger partial charge in [-0.1, -0.05) is 34.6 Å². The zero-order valence-electron chi connectivity index (χ0n) is 12.5. The monoisotopic (exact) mass is 252 g/mol. The Morgan fingerprint density at radius 2 is 2.11 bits per heavy atom. The fraction of sp³-hybridized carbons (Fsp3) is 0.857. The van der Waals surface area contributed by atoms with Crippen LogP contribution in [-0.4, -0.2) is 27.9 Å². The molecule has 0 saturated heterocycles. The first-order chi connectivity index (χ1) is 8.53. The lowest BCUT2D eigenvalue weighted by atomic mass is 9.76. The van der Waals surface area contributed by atoms with Crippen molar-refractivity contribution in [2.24, 2.45) is 11.3 Å². The topological polar surface area (TPSA) is 42.7 Å². The molecule has 1 aromatic heterocycles. The third-order valence-electron chi connectivity index (χ3n) is 3.87. The summed E-state index contributed by atoms with van der Waals surface area (Å²) in [6.45, 7) is 14.3. The van der Waals surface area contributed by atoms with Crippen LogP contribution in [-0.2, 0) is 13.0 Å². The van der Waals surface area contributed by atoms with Gasteiger partial charge in [-0.05, 0) is 24.3 Å². The van der Waals surface area contributed by atoms with Crippen molar-refractivity contribution >= 4 is 0 Å². The van der Waals surface area contributed by atoms with Crippen molar-refractivity contribution in [3.8, 4) is 0 Å². The summed E-state index contributed by atoms with van der Waals surface area (Å²) in [4.78, 5) is 4.43. The van der Waals surface area contributed by atoms with Gasteiger partial charge in [-0.3, -0.25) is 4.68 Å². The summed E-state index contributed by atoms with van der Waals surface area (Å²) in [5.41, 5.74) is 0.231. The number of nitrogens with zero attached hydrogens (tertiary/aromatic N) is 3. The van der Waals surface area contributed by atoms with Crippen LogP contribution >= 0.6 is 0 Å². The molecule has 4 heteroatoms. The Hall–Kier alpha value is -0.900. The SMILES string of the molecule is CCCn1ncnc1CC(C)(CNCC)C(C)C. The van der Waals surface area contributed by atoms with E-state index in [0.717, 1.165) is 38.3 Å². The third-order valence-corrected chi connectivity index (χ3v) is 3.87. The van der Waals surface area contributed by atoms with Crippen molar-refractivity contribution in [1.82, 2.24) is 20.1 Å². The number of aryl methyl sites for hydroxylation is 1. The fourth-order valence-electron chi connectivity index (χ4n) is 2.07. The summed E-state index contributed by atoms with van der Waals surface area (Å²) >= 11 is 0. The number of rotatable bonds is 8. The number of aromatic nitrogens is 3. The van der Waals surface area contributed by atoms with Gasteiger partial charge >= 0.3 is 0 Å². The molecule has 1 aromatic rings. The Morgan fingerprint density at radius 3 is 2.67 bits per heavy atom. The maximum absolute atomic E-state index is 4.43. The zero-order chi connectivity index (χ0) is 13.6. The molecular weight excluding hydrogens is 224 g/mol. The molecule has 18 heavy (non-hydrogen) atoms. The van der Waals surface area contributed by atoms with Gasteiger partial charge in [0.25, 0.3) is 0 Å². The molecule has 1 rings (SSSR count). The van der Waals surface area contributed by atoms with E-state index in [1.807, 2.05) is 4.68 Å². The first-order valence-electron chi connectivity index (χ1n) is 7.11. The van der Waals surface area contributed by atoms with Gasteiger partial charge in [0.05, 0.1) is 0 Å². The lowest BCUT2D eigenvalue weighted by Gasteiger charge is -2.33. The largest absolute Gasteiger partial charge is 0.316 e. The minimum absolute atomic E-state index is 0.231. The lowest BCUT2D eigenvalue weighted by molar-refractivity contribution is 0.201. The van der Waals surface area contributed by atoms with Gasteiger partial charge in [-0.25, -0.2) is 4.98 Å². The molecule has 104 valence electrons. The summed E-state index contributed by atoms with van der Waals surface area (Å²) in [6.07, 6.45) is 3.76. The van der Waals surface area contributed by atoms with E-state index < -0.39 is 0 Å². The van der Waals surface area contributed by atoms with Crippen LogP contribution in [0.3, 0.4) is 0 Å². The van der Waals surface area contributed by atoms with E-state index in [9.17, 15) is 0 Å². The van der Waals surface area contributed by atoms with Crippen molar-refractivity contribution in [3.63, 3.8) is 0 Å². The minimum atomic E-state index is 0.231. The highest BCUT2D eigenvalue weighted by molar-refractivity contribution is 4.94. The van der Waals surface area contributed by atoms with E-state index in [1.165, 1.54) is 0 Å². The van der Waals surface area contributed by atoms with Crippen LogP contribution in [0.5, 0.6) is 0 Å². The molecule has 0 saturated carbocycles. The third kappa shape index (κ3) is 3.80. The van der Waals surface area contributed by atoms with Crippen molar-refractivity contribution < 1.29 is 0 Å². The van der Waals surface area contributed by atoms with Gasteiger partial charge in [-0.15, -0.1) is 0 Å². The number of nitrogens with one attached hydrogen (secondary N) is 1. The van der Waals surface area contributed by atoms with Crippen LogP contribution in [0.4, 0.5) is 0 Å². The Kier molecular flexibility index (Phi) is 5.79. The smallest absolute Gasteiger partial charge is 0.138 e. The fourth-order valence-corrected chi connectivity index (χ4v) is 2.07. The summed E-state index contributed by atoms with van der Waals surface area (Å²) < 4.78 is 2.05. The highest BCUT2D eigenvalue weighted by Gasteiger charge is 2.30. The highest BCUT2D eigenvalue weighted by Crippen LogP contribution is 2.30. The summed E-state index contributed by atoms with van der Waals surface area (Å²) in [7, 11) is 0. The lowest BCUT2D eigenvalue weighted by Crippen LogP contribution is -2.38. The van der Waals surface area contributed by atoms with Gasteiger partial charge in [0.1, 0.15) is 12.2 Å². The van der Waals surface area contributed by atoms with Gasteiger partial charge in [0, 0.05) is 19.5 Å². The average Bonchev–Trinajstić information content (AvgIpc) is 2.74. The van der Waals surface area contributed by atoms with Crippen LogP contribution in [0.1, 0.15) is 46.9 Å². The molecular formula is C14H28N4. The summed E-state index contributed by atoms with van der Waals surface area (Å²) in [5.74, 6) is 1.73. The van der Waals surface area contributed by atoms with Crippen molar-refractivity contribution in [2.75, 3.05) is 13.1 Å². The molecule has 4 nitrogen and oxygen atoms in total. The highest BCUT2D eigenvalue weighted by atomic mass is 15.3. The van der Waals surface area contributed by atoms with Crippen molar-refractivity contribution in [1.29, 1.82) is 0 Å². The molecule has 0 spiro atoms. The molecule has 0 amide bonds. The van der Waals surface area contributed by atoms with Crippen LogP contribution in [0.2, 0.25) is 0 Å². The van der Waals surface area contributed by atoms with Gasteiger partial charge < -0.3 is 5.32 Å². The molecule has 1 N–H and O–H groups in total. The van der Waals surface area contributed by atoms with Crippen molar-refractivity contribution in [3.05, 3.63) is 12.2 Å². The molecule has 0 aliphatic heterocycles. The number of hydrogen-bond acceptors (Lipinski definition) is 3. The molecule has 1 atom stereocenters. The summed E-state index contributed by atoms with van der Waals surface area (Å²) in [5, 5.41) is 7.79. The molecule has 0 bridgehead atoms. The first kappa shape index (κ1) is 15.2.